The fraction of sp³-hybridized carbons (Fsp3) is 0.308. The fourth-order valence-corrected chi connectivity index (χ4v) is 4.27. The standard InChI is InChI=1S/C13H15BrFN3O2S/c1-8(11-7-16-18(3)9(11)2)17-21(19,20)13-5-4-10(15)6-12(13)14/h4-8,17H,1-3H3. The molecule has 0 saturated carbocycles. The number of aromatic nitrogens is 2. The van der Waals surface area contributed by atoms with Crippen LogP contribution in [0.5, 0.6) is 0 Å². The zero-order chi connectivity index (χ0) is 15.8. The molecule has 0 aliphatic heterocycles. The molecule has 1 unspecified atom stereocenters. The van der Waals surface area contributed by atoms with Crippen LogP contribution in [0.25, 0.3) is 0 Å². The zero-order valence-corrected chi connectivity index (χ0v) is 14.2. The molecule has 1 atom stereocenters. The van der Waals surface area contributed by atoms with E-state index in [0.29, 0.717) is 0 Å². The second-order valence-corrected chi connectivity index (χ2v) is 7.26. The van der Waals surface area contributed by atoms with Gasteiger partial charge in [-0.3, -0.25) is 4.68 Å². The summed E-state index contributed by atoms with van der Waals surface area (Å²) in [6.45, 7) is 3.60. The number of aryl methyl sites for hydroxylation is 1. The first-order valence-electron chi connectivity index (χ1n) is 6.18. The monoisotopic (exact) mass is 375 g/mol. The van der Waals surface area contributed by atoms with E-state index in [9.17, 15) is 12.8 Å². The van der Waals surface area contributed by atoms with Gasteiger partial charge in [0.25, 0.3) is 0 Å². The lowest BCUT2D eigenvalue weighted by atomic mass is 10.1. The average Bonchev–Trinajstić information content (AvgIpc) is 2.68. The molecular formula is C13H15BrFN3O2S. The molecule has 0 aliphatic carbocycles. The van der Waals surface area contributed by atoms with Crippen molar-refractivity contribution in [1.29, 1.82) is 0 Å². The second kappa shape index (κ2) is 5.86. The summed E-state index contributed by atoms with van der Waals surface area (Å²) >= 11 is 3.07. The van der Waals surface area contributed by atoms with Crippen molar-refractivity contribution < 1.29 is 12.8 Å². The van der Waals surface area contributed by atoms with Gasteiger partial charge in [-0.1, -0.05) is 0 Å². The minimum Gasteiger partial charge on any atom is -0.273 e. The van der Waals surface area contributed by atoms with Crippen molar-refractivity contribution in [3.8, 4) is 0 Å². The van der Waals surface area contributed by atoms with Crippen molar-refractivity contribution in [3.05, 3.63) is 45.9 Å². The summed E-state index contributed by atoms with van der Waals surface area (Å²) in [5.41, 5.74) is 1.67. The maximum Gasteiger partial charge on any atom is 0.242 e. The number of hydrogen-bond acceptors (Lipinski definition) is 3. The van der Waals surface area contributed by atoms with Crippen LogP contribution in [0.3, 0.4) is 0 Å². The van der Waals surface area contributed by atoms with Crippen molar-refractivity contribution in [3.63, 3.8) is 0 Å². The summed E-state index contributed by atoms with van der Waals surface area (Å²) < 4.78 is 42.2. The van der Waals surface area contributed by atoms with Crippen LogP contribution in [-0.2, 0) is 17.1 Å². The van der Waals surface area contributed by atoms with Gasteiger partial charge in [-0.05, 0) is 48.0 Å². The number of halogens is 2. The quantitative estimate of drug-likeness (QED) is 0.893. The van der Waals surface area contributed by atoms with E-state index in [1.54, 1.807) is 24.9 Å². The Bertz CT molecular complexity index is 774. The Kier molecular flexibility index (Phi) is 4.50. The first kappa shape index (κ1) is 16.1. The van der Waals surface area contributed by atoms with Crippen LogP contribution in [-0.4, -0.2) is 18.2 Å². The maximum absolute atomic E-state index is 13.1. The zero-order valence-electron chi connectivity index (χ0n) is 11.8. The Balaban J connectivity index is 2.31. The van der Waals surface area contributed by atoms with E-state index in [2.05, 4.69) is 25.8 Å². The van der Waals surface area contributed by atoms with E-state index >= 15 is 0 Å². The number of benzene rings is 1. The maximum atomic E-state index is 13.1. The van der Waals surface area contributed by atoms with Gasteiger partial charge >= 0.3 is 0 Å². The van der Waals surface area contributed by atoms with Crippen LogP contribution < -0.4 is 4.72 Å². The van der Waals surface area contributed by atoms with Gasteiger partial charge in [0.05, 0.1) is 11.1 Å². The van der Waals surface area contributed by atoms with Crippen LogP contribution in [0, 0.1) is 12.7 Å². The Morgan fingerprint density at radius 2 is 2.10 bits per heavy atom. The van der Waals surface area contributed by atoms with Gasteiger partial charge in [0.1, 0.15) is 5.82 Å². The minimum absolute atomic E-state index is 0.00251. The van der Waals surface area contributed by atoms with E-state index in [4.69, 9.17) is 0 Å². The predicted octanol–water partition coefficient (Wildman–Crippen LogP) is 2.67. The first-order chi connectivity index (χ1) is 9.72. The third kappa shape index (κ3) is 3.33. The van der Waals surface area contributed by atoms with E-state index in [-0.39, 0.29) is 9.37 Å². The van der Waals surface area contributed by atoms with Crippen LogP contribution in [0.15, 0.2) is 33.8 Å². The third-order valence-electron chi connectivity index (χ3n) is 3.26. The minimum atomic E-state index is -3.76. The highest BCUT2D eigenvalue weighted by molar-refractivity contribution is 9.10. The van der Waals surface area contributed by atoms with E-state index in [0.717, 1.165) is 23.4 Å². The summed E-state index contributed by atoms with van der Waals surface area (Å²) in [6.07, 6.45) is 1.63. The van der Waals surface area contributed by atoms with Crippen molar-refractivity contribution in [2.24, 2.45) is 7.05 Å². The summed E-state index contributed by atoms with van der Waals surface area (Å²) in [5.74, 6) is -0.503. The molecule has 21 heavy (non-hydrogen) atoms. The SMILES string of the molecule is Cc1c(C(C)NS(=O)(=O)c2ccc(F)cc2Br)cnn1C. The molecule has 1 heterocycles. The molecule has 2 aromatic rings. The van der Waals surface area contributed by atoms with Crippen molar-refractivity contribution in [2.75, 3.05) is 0 Å². The molecule has 0 radical (unpaired) electrons. The number of sulfonamides is 1. The molecule has 0 spiro atoms. The molecule has 1 aromatic carbocycles. The topological polar surface area (TPSA) is 64.0 Å². The predicted molar refractivity (Wildman–Crippen MR) is 80.8 cm³/mol. The Morgan fingerprint density at radius 1 is 1.43 bits per heavy atom. The molecule has 0 fully saturated rings. The third-order valence-corrected chi connectivity index (χ3v) is 5.77. The lowest BCUT2D eigenvalue weighted by molar-refractivity contribution is 0.565. The van der Waals surface area contributed by atoms with Crippen molar-refractivity contribution in [2.45, 2.75) is 24.8 Å². The Labute approximate surface area is 131 Å². The van der Waals surface area contributed by atoms with Crippen LogP contribution in [0.4, 0.5) is 4.39 Å². The van der Waals surface area contributed by atoms with Crippen LogP contribution in [0.2, 0.25) is 0 Å². The molecule has 2 rings (SSSR count). The molecular weight excluding hydrogens is 361 g/mol. The van der Waals surface area contributed by atoms with Crippen LogP contribution in [0.1, 0.15) is 24.2 Å². The van der Waals surface area contributed by atoms with Gasteiger partial charge in [-0.2, -0.15) is 5.10 Å². The van der Waals surface area contributed by atoms with E-state index in [1.165, 1.54) is 6.07 Å². The molecule has 5 nitrogen and oxygen atoms in total. The second-order valence-electron chi connectivity index (χ2n) is 4.73. The molecule has 8 heteroatoms. The van der Waals surface area contributed by atoms with Gasteiger partial charge in [0.15, 0.2) is 0 Å². The first-order valence-corrected chi connectivity index (χ1v) is 8.46. The van der Waals surface area contributed by atoms with Crippen molar-refractivity contribution >= 4 is 26.0 Å². The normalized spacial score (nSPS) is 13.4. The van der Waals surface area contributed by atoms with Gasteiger partial charge < -0.3 is 0 Å². The highest BCUT2D eigenvalue weighted by Crippen LogP contribution is 2.25. The molecule has 1 aromatic heterocycles. The molecule has 0 aliphatic rings. The summed E-state index contributed by atoms with van der Waals surface area (Å²) in [5, 5.41) is 4.09. The van der Waals surface area contributed by atoms with E-state index < -0.39 is 21.9 Å². The Hall–Kier alpha value is -1.25. The lowest BCUT2D eigenvalue weighted by Crippen LogP contribution is -2.27. The molecule has 0 bridgehead atoms. The number of nitrogens with one attached hydrogen (secondary N) is 1. The summed E-state index contributed by atoms with van der Waals surface area (Å²) in [6, 6.07) is 3.01. The van der Waals surface area contributed by atoms with Crippen molar-refractivity contribution in [1.82, 2.24) is 14.5 Å². The molecule has 114 valence electrons. The lowest BCUT2D eigenvalue weighted by Gasteiger charge is -2.15. The molecule has 0 amide bonds. The van der Waals surface area contributed by atoms with Gasteiger partial charge in [-0.15, -0.1) is 0 Å². The molecule has 1 N–H and O–H groups in total. The van der Waals surface area contributed by atoms with E-state index in [1.807, 2.05) is 6.92 Å². The average molecular weight is 376 g/mol. The Morgan fingerprint density at radius 3 is 2.62 bits per heavy atom. The molecule has 0 saturated heterocycles. The number of nitrogens with zero attached hydrogens (tertiary/aromatic N) is 2. The van der Waals surface area contributed by atoms with Gasteiger partial charge in [0, 0.05) is 28.8 Å². The largest absolute Gasteiger partial charge is 0.273 e. The number of hydrogen-bond donors (Lipinski definition) is 1. The number of rotatable bonds is 4. The highest BCUT2D eigenvalue weighted by atomic mass is 79.9. The van der Waals surface area contributed by atoms with Gasteiger partial charge in [0.2, 0.25) is 10.0 Å². The summed E-state index contributed by atoms with van der Waals surface area (Å²) in [4.78, 5) is -0.00251. The fourth-order valence-electron chi connectivity index (χ4n) is 1.99. The summed E-state index contributed by atoms with van der Waals surface area (Å²) in [7, 11) is -1.97. The van der Waals surface area contributed by atoms with Crippen LogP contribution >= 0.6 is 15.9 Å². The smallest absolute Gasteiger partial charge is 0.242 e. The van der Waals surface area contributed by atoms with Gasteiger partial charge in [-0.25, -0.2) is 17.5 Å². The highest BCUT2D eigenvalue weighted by Gasteiger charge is 2.23.